The van der Waals surface area contributed by atoms with Gasteiger partial charge in [-0.3, -0.25) is 0 Å². The lowest BCUT2D eigenvalue weighted by molar-refractivity contribution is 0.590. The molecule has 0 N–H and O–H groups in total. The first-order chi connectivity index (χ1) is 42.9. The predicted molar refractivity (Wildman–Crippen MR) is 376 cm³/mol. The van der Waals surface area contributed by atoms with Crippen LogP contribution in [0.25, 0.3) is 98.4 Å². The second-order valence-electron chi connectivity index (χ2n) is 27.8. The first kappa shape index (κ1) is 52.9. The SMILES string of the molecule is CC(C)(C)c1ccc(N(c2cc(C3CCCC3)ccc2-c2ccccc2)c2ccc3c4cc5c(cc4n4c6ccccc6c2c34)c2ccc(N(c3ccc(C(C)(C)C)cc3)c3cc(C4CCCC4)ccc3-c3ccccc3)c3c4ccccc4n5c23)cc1. The van der Waals surface area contributed by atoms with E-state index in [1.54, 1.807) is 0 Å². The van der Waals surface area contributed by atoms with Crippen molar-refractivity contribution >= 4 is 110 Å². The molecule has 2 saturated carbocycles. The van der Waals surface area contributed by atoms with Crippen molar-refractivity contribution in [2.75, 3.05) is 9.80 Å². The molecule has 4 aromatic heterocycles. The number of hydrogen-bond acceptors (Lipinski definition) is 2. The summed E-state index contributed by atoms with van der Waals surface area (Å²) in [6.07, 6.45) is 10.1. The lowest BCUT2D eigenvalue weighted by atomic mass is 9.87. The van der Waals surface area contributed by atoms with E-state index in [0.29, 0.717) is 11.8 Å². The number of aromatic nitrogens is 2. The van der Waals surface area contributed by atoms with Gasteiger partial charge < -0.3 is 18.6 Å². The number of para-hydroxylation sites is 2. The molecule has 4 nitrogen and oxygen atoms in total. The van der Waals surface area contributed by atoms with Crippen molar-refractivity contribution in [2.45, 2.75) is 116 Å². The second-order valence-corrected chi connectivity index (χ2v) is 27.8. The highest BCUT2D eigenvalue weighted by molar-refractivity contribution is 6.32. The van der Waals surface area contributed by atoms with Gasteiger partial charge in [0.25, 0.3) is 0 Å². The maximum Gasteiger partial charge on any atom is 0.0641 e. The van der Waals surface area contributed by atoms with Crippen LogP contribution in [0, 0.1) is 0 Å². The van der Waals surface area contributed by atoms with Gasteiger partial charge in [-0.1, -0.05) is 225 Å². The van der Waals surface area contributed by atoms with Gasteiger partial charge in [0.1, 0.15) is 0 Å². The molecule has 2 fully saturated rings. The molecule has 0 unspecified atom stereocenters. The van der Waals surface area contributed by atoms with Crippen molar-refractivity contribution in [2.24, 2.45) is 0 Å². The summed E-state index contributed by atoms with van der Waals surface area (Å²) in [5.41, 5.74) is 25.1. The molecule has 0 aliphatic heterocycles. The zero-order valence-corrected chi connectivity index (χ0v) is 51.5. The molecule has 0 saturated heterocycles. The minimum atomic E-state index is 0.0163. The Morgan fingerprint density at radius 3 is 1.08 bits per heavy atom. The summed E-state index contributed by atoms with van der Waals surface area (Å²) in [4.78, 5) is 5.22. The van der Waals surface area contributed by atoms with E-state index in [1.165, 1.54) is 195 Å². The normalized spacial score (nSPS) is 14.7. The molecule has 2 aliphatic rings. The second kappa shape index (κ2) is 20.1. The molecular weight excluding hydrogens is 1060 g/mol. The Morgan fingerprint density at radius 1 is 0.318 bits per heavy atom. The van der Waals surface area contributed by atoms with Crippen LogP contribution in [0.3, 0.4) is 0 Å². The Kier molecular flexibility index (Phi) is 12.1. The third-order valence-electron chi connectivity index (χ3n) is 20.6. The Balaban J connectivity index is 0.924. The first-order valence-electron chi connectivity index (χ1n) is 32.5. The van der Waals surface area contributed by atoms with Crippen LogP contribution in [0.15, 0.2) is 231 Å². The van der Waals surface area contributed by atoms with E-state index >= 15 is 0 Å². The fourth-order valence-electron chi connectivity index (χ4n) is 16.1. The maximum absolute atomic E-state index is 2.61. The summed E-state index contributed by atoms with van der Waals surface area (Å²) < 4.78 is 5.21. The Bertz CT molecular complexity index is 4830. The minimum Gasteiger partial charge on any atom is -0.309 e. The number of nitrogens with zero attached hydrogens (tertiary/aromatic N) is 4. The van der Waals surface area contributed by atoms with Gasteiger partial charge in [0.05, 0.1) is 55.8 Å². The number of fused-ring (bicyclic) bond motifs is 12. The van der Waals surface area contributed by atoms with Crippen molar-refractivity contribution in [1.82, 2.24) is 8.80 Å². The summed E-state index contributed by atoms with van der Waals surface area (Å²) in [6, 6.07) is 89.1. The fourth-order valence-corrected chi connectivity index (χ4v) is 16.1. The van der Waals surface area contributed by atoms with Gasteiger partial charge in [-0.15, -0.1) is 0 Å². The summed E-state index contributed by atoms with van der Waals surface area (Å²) >= 11 is 0. The van der Waals surface area contributed by atoms with Crippen LogP contribution in [-0.4, -0.2) is 8.80 Å². The van der Waals surface area contributed by atoms with Crippen molar-refractivity contribution in [3.8, 4) is 22.3 Å². The lowest BCUT2D eigenvalue weighted by Gasteiger charge is -2.30. The molecule has 88 heavy (non-hydrogen) atoms. The topological polar surface area (TPSA) is 15.3 Å². The smallest absolute Gasteiger partial charge is 0.0641 e. The maximum atomic E-state index is 2.61. The van der Waals surface area contributed by atoms with Crippen LogP contribution in [0.5, 0.6) is 0 Å². The van der Waals surface area contributed by atoms with Crippen LogP contribution >= 0.6 is 0 Å². The minimum absolute atomic E-state index is 0.0163. The van der Waals surface area contributed by atoms with Gasteiger partial charge in [0.15, 0.2) is 0 Å². The molecule has 4 heteroatoms. The Hall–Kier alpha value is -9.38. The standard InChI is InChI=1S/C84H74N4/c1-83(2,3)59-35-39-61(40-36-59)85(75-49-57(53-21-13-14-22-53)33-43-63(75)55-25-9-7-10-26-55)73-47-45-65-69-51-78-70(52-77(69)87-71-31-19-17-29-67(71)79(73)81(65)87)66-46-48-74(80-68-30-18-20-32-72(68)88(78)82(66)80)86(62-41-37-60(38-42-62)84(4,5)6)76-50-58(54-23-15-16-24-54)34-44-64(76)56-27-11-8-12-28-56/h7-12,17-20,25-54H,13-16,21-24H2,1-6H3. The van der Waals surface area contributed by atoms with Gasteiger partial charge in [-0.05, 0) is 155 Å². The fraction of sp³-hybridized carbons (Fsp3) is 0.214. The highest BCUT2D eigenvalue weighted by Gasteiger charge is 2.32. The van der Waals surface area contributed by atoms with Crippen molar-refractivity contribution < 1.29 is 0 Å². The largest absolute Gasteiger partial charge is 0.309 e. The molecule has 4 heterocycles. The van der Waals surface area contributed by atoms with Crippen molar-refractivity contribution in [1.29, 1.82) is 0 Å². The molecule has 2 aliphatic carbocycles. The van der Waals surface area contributed by atoms with E-state index in [9.17, 15) is 0 Å². The molecule has 0 atom stereocenters. The van der Waals surface area contributed by atoms with Gasteiger partial charge in [-0.25, -0.2) is 0 Å². The van der Waals surface area contributed by atoms with E-state index in [2.05, 4.69) is 291 Å². The van der Waals surface area contributed by atoms with Gasteiger partial charge in [0.2, 0.25) is 0 Å². The summed E-state index contributed by atoms with van der Waals surface area (Å²) in [5, 5.41) is 10.1. The van der Waals surface area contributed by atoms with Crippen LogP contribution in [-0.2, 0) is 10.8 Å². The van der Waals surface area contributed by atoms with Crippen molar-refractivity contribution in [3.05, 3.63) is 253 Å². The average Bonchev–Trinajstić information content (AvgIpc) is 1.53. The third kappa shape index (κ3) is 8.24. The highest BCUT2D eigenvalue weighted by atomic mass is 15.2. The molecule has 11 aromatic carbocycles. The quantitative estimate of drug-likeness (QED) is 0.136. The number of rotatable bonds is 10. The summed E-state index contributed by atoms with van der Waals surface area (Å²) in [7, 11) is 0. The Labute approximate surface area is 516 Å². The average molecular weight is 1140 g/mol. The van der Waals surface area contributed by atoms with Crippen LogP contribution in [0.1, 0.15) is 127 Å². The van der Waals surface area contributed by atoms with Gasteiger partial charge >= 0.3 is 0 Å². The third-order valence-corrected chi connectivity index (χ3v) is 20.6. The summed E-state index contributed by atoms with van der Waals surface area (Å²) in [6.45, 7) is 13.9. The molecule has 15 aromatic rings. The van der Waals surface area contributed by atoms with E-state index in [4.69, 9.17) is 0 Å². The van der Waals surface area contributed by atoms with Crippen LogP contribution in [0.2, 0.25) is 0 Å². The zero-order valence-electron chi connectivity index (χ0n) is 51.5. The number of anilines is 6. The predicted octanol–water partition coefficient (Wildman–Crippen LogP) is 24.2. The molecular formula is C84H74N4. The number of benzene rings is 11. The molecule has 0 radical (unpaired) electrons. The molecule has 17 rings (SSSR count). The monoisotopic (exact) mass is 1140 g/mol. The molecule has 0 spiro atoms. The summed E-state index contributed by atoms with van der Waals surface area (Å²) in [5.74, 6) is 1.12. The van der Waals surface area contributed by atoms with E-state index in [0.717, 1.165) is 11.4 Å². The molecule has 0 amide bonds. The van der Waals surface area contributed by atoms with E-state index < -0.39 is 0 Å². The van der Waals surface area contributed by atoms with Crippen molar-refractivity contribution in [3.63, 3.8) is 0 Å². The van der Waals surface area contributed by atoms with Gasteiger partial charge in [-0.2, -0.15) is 0 Å². The van der Waals surface area contributed by atoms with Gasteiger partial charge in [0, 0.05) is 65.6 Å². The number of hydrogen-bond donors (Lipinski definition) is 0. The van der Waals surface area contributed by atoms with Crippen LogP contribution < -0.4 is 9.80 Å². The van der Waals surface area contributed by atoms with Crippen LogP contribution in [0.4, 0.5) is 34.1 Å². The molecule has 0 bridgehead atoms. The van der Waals surface area contributed by atoms with E-state index in [-0.39, 0.29) is 10.8 Å². The lowest BCUT2D eigenvalue weighted by Crippen LogP contribution is -2.14. The zero-order chi connectivity index (χ0) is 59.2. The first-order valence-corrected chi connectivity index (χ1v) is 32.5. The highest BCUT2D eigenvalue weighted by Crippen LogP contribution is 2.54. The Morgan fingerprint density at radius 2 is 0.693 bits per heavy atom. The van der Waals surface area contributed by atoms with E-state index in [1.807, 2.05) is 0 Å². The molecule has 430 valence electrons.